The fraction of sp³-hybridized carbons (Fsp3) is 0.955. The lowest BCUT2D eigenvalue weighted by Crippen LogP contribution is -2.30. The zero-order chi connectivity index (χ0) is 52.5. The number of carbonyl (C=O) groups excluding carboxylic acids is 3. The van der Waals surface area contributed by atoms with Gasteiger partial charge in [0.25, 0.3) is 0 Å². The molecule has 0 heterocycles. The number of hydrogen-bond acceptors (Lipinski definition) is 6. The van der Waals surface area contributed by atoms with E-state index in [-0.39, 0.29) is 31.1 Å². The minimum atomic E-state index is -0.764. The van der Waals surface area contributed by atoms with Gasteiger partial charge in [-0.2, -0.15) is 0 Å². The largest absolute Gasteiger partial charge is 0.462 e. The summed E-state index contributed by atoms with van der Waals surface area (Å²) in [7, 11) is 0. The molecule has 0 N–H and O–H groups in total. The zero-order valence-electron chi connectivity index (χ0n) is 49.6. The van der Waals surface area contributed by atoms with Gasteiger partial charge in [0.1, 0.15) is 13.2 Å². The summed E-state index contributed by atoms with van der Waals surface area (Å²) in [5.74, 6) is 0.929. The van der Waals surface area contributed by atoms with Crippen molar-refractivity contribution in [3.63, 3.8) is 0 Å². The zero-order valence-corrected chi connectivity index (χ0v) is 49.6. The van der Waals surface area contributed by atoms with E-state index in [0.29, 0.717) is 19.3 Å². The molecule has 0 spiro atoms. The first-order valence-corrected chi connectivity index (χ1v) is 32.8. The Labute approximate surface area is 450 Å². The summed E-state index contributed by atoms with van der Waals surface area (Å²) in [5, 5.41) is 0. The normalized spacial score (nSPS) is 12.4. The molecule has 0 amide bonds. The second kappa shape index (κ2) is 58.7. The van der Waals surface area contributed by atoms with Crippen LogP contribution in [-0.4, -0.2) is 37.2 Å². The van der Waals surface area contributed by atoms with E-state index in [1.54, 1.807) is 0 Å². The van der Waals surface area contributed by atoms with E-state index in [0.717, 1.165) is 69.6 Å². The molecule has 6 heteroatoms. The highest BCUT2D eigenvalue weighted by molar-refractivity contribution is 5.71. The van der Waals surface area contributed by atoms with Gasteiger partial charge < -0.3 is 14.2 Å². The molecule has 0 aromatic carbocycles. The van der Waals surface area contributed by atoms with Crippen LogP contribution in [0.2, 0.25) is 0 Å². The summed E-state index contributed by atoms with van der Waals surface area (Å²) in [5.41, 5.74) is 0. The molecule has 72 heavy (non-hydrogen) atoms. The maximum atomic E-state index is 12.9. The van der Waals surface area contributed by atoms with E-state index in [2.05, 4.69) is 34.6 Å². The lowest BCUT2D eigenvalue weighted by molar-refractivity contribution is -0.167. The van der Waals surface area contributed by atoms with Crippen LogP contribution in [0.1, 0.15) is 375 Å². The maximum absolute atomic E-state index is 12.9. The molecule has 0 rings (SSSR count). The molecule has 0 aliphatic heterocycles. The van der Waals surface area contributed by atoms with Crippen LogP contribution in [0.4, 0.5) is 0 Å². The summed E-state index contributed by atoms with van der Waals surface area (Å²) in [4.78, 5) is 38.3. The van der Waals surface area contributed by atoms with Crippen molar-refractivity contribution in [3.05, 3.63) is 0 Å². The summed E-state index contributed by atoms with van der Waals surface area (Å²) < 4.78 is 17.0. The maximum Gasteiger partial charge on any atom is 0.306 e. The highest BCUT2D eigenvalue weighted by Gasteiger charge is 2.19. The third-order valence-corrected chi connectivity index (χ3v) is 15.6. The van der Waals surface area contributed by atoms with E-state index < -0.39 is 6.10 Å². The molecule has 2 atom stereocenters. The van der Waals surface area contributed by atoms with Gasteiger partial charge in [0.2, 0.25) is 0 Å². The van der Waals surface area contributed by atoms with Gasteiger partial charge in [-0.25, -0.2) is 0 Å². The van der Waals surface area contributed by atoms with E-state index >= 15 is 0 Å². The summed E-state index contributed by atoms with van der Waals surface area (Å²) in [6.45, 7) is 11.5. The summed E-state index contributed by atoms with van der Waals surface area (Å²) in [6.07, 6.45) is 65.3. The second-order valence-corrected chi connectivity index (χ2v) is 23.5. The smallest absolute Gasteiger partial charge is 0.306 e. The number of hydrogen-bond donors (Lipinski definition) is 0. The van der Waals surface area contributed by atoms with Crippen LogP contribution >= 0.6 is 0 Å². The predicted octanol–water partition coefficient (Wildman–Crippen LogP) is 22.0. The van der Waals surface area contributed by atoms with Gasteiger partial charge in [-0.3, -0.25) is 14.4 Å². The number of carbonyl (C=O) groups is 3. The first kappa shape index (κ1) is 70.4. The van der Waals surface area contributed by atoms with Crippen LogP contribution in [0.15, 0.2) is 0 Å². The van der Waals surface area contributed by atoms with Gasteiger partial charge in [-0.05, 0) is 31.1 Å². The molecular formula is C66H128O6. The minimum Gasteiger partial charge on any atom is -0.462 e. The van der Waals surface area contributed by atoms with Crippen LogP contribution < -0.4 is 0 Å². The number of esters is 3. The molecular weight excluding hydrogens is 889 g/mol. The van der Waals surface area contributed by atoms with Crippen molar-refractivity contribution in [2.45, 2.75) is 381 Å². The van der Waals surface area contributed by atoms with Crippen molar-refractivity contribution in [2.75, 3.05) is 13.2 Å². The highest BCUT2D eigenvalue weighted by Crippen LogP contribution is 2.19. The molecule has 0 aromatic heterocycles. The van der Waals surface area contributed by atoms with Crippen LogP contribution in [-0.2, 0) is 28.6 Å². The van der Waals surface area contributed by atoms with Crippen LogP contribution in [0.5, 0.6) is 0 Å². The molecule has 6 nitrogen and oxygen atoms in total. The van der Waals surface area contributed by atoms with Gasteiger partial charge in [-0.15, -0.1) is 0 Å². The standard InChI is InChI=1S/C66H128O6/c1-6-8-9-10-11-12-13-14-26-31-36-41-46-51-56-64(67)70-59-63(60-71-65(68)57-52-47-42-37-32-27-23-19-20-24-29-34-39-44-49-54-61(3)4)72-66(69)58-53-48-43-38-33-28-22-18-16-15-17-21-25-30-35-40-45-50-55-62(5)7-2/h61-63H,6-60H2,1-5H3/t62?,63-/m0/s1. The Kier molecular flexibility index (Phi) is 57.4. The van der Waals surface area contributed by atoms with E-state index in [9.17, 15) is 14.4 Å². The van der Waals surface area contributed by atoms with E-state index in [1.165, 1.54) is 263 Å². The highest BCUT2D eigenvalue weighted by atomic mass is 16.6. The minimum absolute atomic E-state index is 0.0617. The Bertz CT molecular complexity index is 1110. The van der Waals surface area contributed by atoms with Crippen molar-refractivity contribution < 1.29 is 28.6 Å². The molecule has 0 aliphatic rings. The van der Waals surface area contributed by atoms with Gasteiger partial charge in [0, 0.05) is 19.3 Å². The van der Waals surface area contributed by atoms with Crippen LogP contribution in [0.3, 0.4) is 0 Å². The molecule has 0 saturated carbocycles. The molecule has 0 radical (unpaired) electrons. The van der Waals surface area contributed by atoms with Crippen molar-refractivity contribution in [3.8, 4) is 0 Å². The predicted molar refractivity (Wildman–Crippen MR) is 312 cm³/mol. The first-order valence-electron chi connectivity index (χ1n) is 32.8. The molecule has 0 aromatic rings. The second-order valence-electron chi connectivity index (χ2n) is 23.5. The van der Waals surface area contributed by atoms with Crippen LogP contribution in [0.25, 0.3) is 0 Å². The average molecular weight is 1020 g/mol. The number of rotatable bonds is 60. The fourth-order valence-corrected chi connectivity index (χ4v) is 10.3. The molecule has 0 bridgehead atoms. The third kappa shape index (κ3) is 57.7. The topological polar surface area (TPSA) is 78.9 Å². The molecule has 1 unspecified atom stereocenters. The Morgan fingerprint density at radius 1 is 0.292 bits per heavy atom. The van der Waals surface area contributed by atoms with Crippen molar-refractivity contribution >= 4 is 17.9 Å². The van der Waals surface area contributed by atoms with Crippen molar-refractivity contribution in [1.82, 2.24) is 0 Å². The molecule has 0 aliphatic carbocycles. The quantitative estimate of drug-likeness (QED) is 0.0343. The summed E-state index contributed by atoms with van der Waals surface area (Å²) in [6, 6.07) is 0. The summed E-state index contributed by atoms with van der Waals surface area (Å²) >= 11 is 0. The van der Waals surface area contributed by atoms with E-state index in [4.69, 9.17) is 14.2 Å². The van der Waals surface area contributed by atoms with Crippen molar-refractivity contribution in [2.24, 2.45) is 11.8 Å². The van der Waals surface area contributed by atoms with Crippen LogP contribution in [0, 0.1) is 11.8 Å². The van der Waals surface area contributed by atoms with Gasteiger partial charge in [-0.1, -0.05) is 336 Å². The molecule has 428 valence electrons. The van der Waals surface area contributed by atoms with Crippen molar-refractivity contribution in [1.29, 1.82) is 0 Å². The SMILES string of the molecule is CCCCCCCCCCCCCCCCC(=O)OC[C@@H](COC(=O)CCCCCCCCCCCCCCCCCC(C)C)OC(=O)CCCCCCCCCCCCCCCCCCCCC(C)CC. The monoisotopic (exact) mass is 1020 g/mol. The first-order chi connectivity index (χ1) is 35.3. The molecule has 0 fully saturated rings. The average Bonchev–Trinajstić information content (AvgIpc) is 3.37. The third-order valence-electron chi connectivity index (χ3n) is 15.6. The molecule has 0 saturated heterocycles. The lowest BCUT2D eigenvalue weighted by atomic mass is 9.99. The Balaban J connectivity index is 4.26. The Morgan fingerprint density at radius 2 is 0.528 bits per heavy atom. The number of unbranched alkanes of at least 4 members (excludes halogenated alkanes) is 44. The fourth-order valence-electron chi connectivity index (χ4n) is 10.3. The number of ether oxygens (including phenoxy) is 3. The lowest BCUT2D eigenvalue weighted by Gasteiger charge is -2.18. The van der Waals surface area contributed by atoms with Gasteiger partial charge in [0.15, 0.2) is 6.10 Å². The van der Waals surface area contributed by atoms with Gasteiger partial charge in [0.05, 0.1) is 0 Å². The Morgan fingerprint density at radius 3 is 0.792 bits per heavy atom. The van der Waals surface area contributed by atoms with Gasteiger partial charge >= 0.3 is 17.9 Å². The van der Waals surface area contributed by atoms with E-state index in [1.807, 2.05) is 0 Å². The Hall–Kier alpha value is -1.59.